The maximum absolute atomic E-state index is 13.2. The lowest BCUT2D eigenvalue weighted by molar-refractivity contribution is -0.122. The summed E-state index contributed by atoms with van der Waals surface area (Å²) in [4.78, 5) is 23.0. The quantitative estimate of drug-likeness (QED) is 0.552. The van der Waals surface area contributed by atoms with Gasteiger partial charge in [-0.3, -0.25) is 9.59 Å². The van der Waals surface area contributed by atoms with E-state index < -0.39 is 23.2 Å². The first kappa shape index (κ1) is 14.2. The second kappa shape index (κ2) is 5.85. The fourth-order valence-corrected chi connectivity index (χ4v) is 1.67. The molecule has 1 aliphatic carbocycles. The van der Waals surface area contributed by atoms with Crippen LogP contribution >= 0.6 is 0 Å². The highest BCUT2D eigenvalue weighted by molar-refractivity contribution is 5.94. The average Bonchev–Trinajstić information content (AvgIpc) is 3.24. The maximum atomic E-state index is 13.2. The number of nitrogen functional groups attached to an aromatic ring is 1. The molecule has 1 aromatic rings. The van der Waals surface area contributed by atoms with Gasteiger partial charge >= 0.3 is 0 Å². The number of rotatable bonds is 5. The molecule has 1 aromatic carbocycles. The molecule has 5 nitrogen and oxygen atoms in total. The Morgan fingerprint density at radius 2 is 1.70 bits per heavy atom. The van der Waals surface area contributed by atoms with E-state index in [2.05, 4.69) is 10.6 Å². The molecule has 0 spiro atoms. The van der Waals surface area contributed by atoms with Crippen LogP contribution in [0, 0.1) is 17.6 Å². The lowest BCUT2D eigenvalue weighted by Gasteiger charge is -2.08. The number of nitrogens with two attached hydrogens (primary N) is 1. The van der Waals surface area contributed by atoms with Gasteiger partial charge in [-0.1, -0.05) is 0 Å². The van der Waals surface area contributed by atoms with Crippen molar-refractivity contribution in [3.63, 3.8) is 0 Å². The van der Waals surface area contributed by atoms with E-state index in [1.54, 1.807) is 0 Å². The Morgan fingerprint density at radius 1 is 1.15 bits per heavy atom. The highest BCUT2D eigenvalue weighted by Gasteiger charge is 2.29. The second-order valence-corrected chi connectivity index (χ2v) is 4.67. The van der Waals surface area contributed by atoms with Crippen molar-refractivity contribution >= 4 is 17.5 Å². The smallest absolute Gasteiger partial charge is 0.251 e. The van der Waals surface area contributed by atoms with E-state index in [-0.39, 0.29) is 30.5 Å². The van der Waals surface area contributed by atoms with Crippen LogP contribution in [0.25, 0.3) is 0 Å². The van der Waals surface area contributed by atoms with Gasteiger partial charge in [0.15, 0.2) is 0 Å². The minimum absolute atomic E-state index is 0.0242. The number of carbonyl (C=O) groups excluding carboxylic acids is 2. The van der Waals surface area contributed by atoms with Gasteiger partial charge in [0.25, 0.3) is 5.91 Å². The average molecular weight is 283 g/mol. The molecule has 0 unspecified atom stereocenters. The van der Waals surface area contributed by atoms with Crippen LogP contribution in [0.2, 0.25) is 0 Å². The number of halogens is 2. The molecule has 7 heteroatoms. The molecule has 1 aliphatic rings. The van der Waals surface area contributed by atoms with Crippen LogP contribution < -0.4 is 16.4 Å². The van der Waals surface area contributed by atoms with Crippen LogP contribution in [0.1, 0.15) is 23.2 Å². The molecular formula is C13H15F2N3O2. The Morgan fingerprint density at radius 3 is 2.25 bits per heavy atom. The third-order valence-electron chi connectivity index (χ3n) is 3.00. The zero-order chi connectivity index (χ0) is 14.7. The van der Waals surface area contributed by atoms with Crippen LogP contribution in [-0.4, -0.2) is 24.9 Å². The number of hydrogen-bond donors (Lipinski definition) is 3. The predicted molar refractivity (Wildman–Crippen MR) is 68.8 cm³/mol. The van der Waals surface area contributed by atoms with E-state index in [4.69, 9.17) is 5.73 Å². The minimum Gasteiger partial charge on any atom is -0.394 e. The Balaban J connectivity index is 1.81. The first-order chi connectivity index (χ1) is 9.49. The molecule has 0 radical (unpaired) electrons. The zero-order valence-corrected chi connectivity index (χ0v) is 10.7. The van der Waals surface area contributed by atoms with Crippen LogP contribution in [0.3, 0.4) is 0 Å². The fraction of sp³-hybridized carbons (Fsp3) is 0.385. The molecule has 108 valence electrons. The molecule has 0 saturated heterocycles. The predicted octanol–water partition coefficient (Wildman–Crippen LogP) is 0.803. The van der Waals surface area contributed by atoms with Crippen LogP contribution in [0.15, 0.2) is 12.1 Å². The van der Waals surface area contributed by atoms with Gasteiger partial charge in [0, 0.05) is 24.6 Å². The summed E-state index contributed by atoms with van der Waals surface area (Å²) in [6.45, 7) is 0.464. The molecule has 0 heterocycles. The zero-order valence-electron chi connectivity index (χ0n) is 10.7. The van der Waals surface area contributed by atoms with Crippen LogP contribution in [-0.2, 0) is 4.79 Å². The van der Waals surface area contributed by atoms with Gasteiger partial charge in [0.2, 0.25) is 5.91 Å². The molecule has 0 atom stereocenters. The van der Waals surface area contributed by atoms with Crippen molar-refractivity contribution in [2.24, 2.45) is 5.92 Å². The molecule has 1 fully saturated rings. The molecule has 4 N–H and O–H groups in total. The van der Waals surface area contributed by atoms with Crippen molar-refractivity contribution in [3.05, 3.63) is 29.3 Å². The largest absolute Gasteiger partial charge is 0.394 e. The Bertz CT molecular complexity index is 521. The van der Waals surface area contributed by atoms with Crippen LogP contribution in [0.4, 0.5) is 14.5 Å². The third kappa shape index (κ3) is 3.43. The van der Waals surface area contributed by atoms with Crippen molar-refractivity contribution in [1.29, 1.82) is 0 Å². The summed E-state index contributed by atoms with van der Waals surface area (Å²) >= 11 is 0. The van der Waals surface area contributed by atoms with E-state index in [1.165, 1.54) is 0 Å². The van der Waals surface area contributed by atoms with E-state index in [0.29, 0.717) is 0 Å². The van der Waals surface area contributed by atoms with E-state index >= 15 is 0 Å². The molecular weight excluding hydrogens is 268 g/mol. The summed E-state index contributed by atoms with van der Waals surface area (Å²) in [6.07, 6.45) is 1.81. The van der Waals surface area contributed by atoms with Crippen molar-refractivity contribution in [2.45, 2.75) is 12.8 Å². The Kier molecular flexibility index (Phi) is 4.16. The van der Waals surface area contributed by atoms with Gasteiger partial charge in [-0.05, 0) is 25.0 Å². The van der Waals surface area contributed by atoms with Gasteiger partial charge in [-0.25, -0.2) is 8.78 Å². The van der Waals surface area contributed by atoms with Crippen molar-refractivity contribution < 1.29 is 18.4 Å². The van der Waals surface area contributed by atoms with Crippen LogP contribution in [0.5, 0.6) is 0 Å². The molecule has 1 saturated carbocycles. The van der Waals surface area contributed by atoms with Crippen molar-refractivity contribution in [2.75, 3.05) is 18.8 Å². The highest BCUT2D eigenvalue weighted by atomic mass is 19.1. The number of benzene rings is 1. The second-order valence-electron chi connectivity index (χ2n) is 4.67. The fourth-order valence-electron chi connectivity index (χ4n) is 1.67. The Hall–Kier alpha value is -2.18. The van der Waals surface area contributed by atoms with Crippen molar-refractivity contribution in [1.82, 2.24) is 10.6 Å². The summed E-state index contributed by atoms with van der Waals surface area (Å²) in [5.41, 5.74) is 4.35. The third-order valence-corrected chi connectivity index (χ3v) is 3.00. The number of nitrogens with one attached hydrogen (secondary N) is 2. The summed E-state index contributed by atoms with van der Waals surface area (Å²) in [7, 11) is 0. The minimum atomic E-state index is -0.975. The topological polar surface area (TPSA) is 84.2 Å². The first-order valence-electron chi connectivity index (χ1n) is 6.29. The van der Waals surface area contributed by atoms with Gasteiger partial charge in [0.05, 0.1) is 0 Å². The summed E-state index contributed by atoms with van der Waals surface area (Å²) in [5, 5.41) is 5.12. The summed E-state index contributed by atoms with van der Waals surface area (Å²) in [6, 6.07) is 1.74. The molecule has 0 aromatic heterocycles. The standard InChI is InChI=1S/C13H15F2N3O2/c14-9-5-8(6-10(15)11(9)16)13(20)18-4-3-17-12(19)7-1-2-7/h5-7H,1-4,16H2,(H,17,19)(H,18,20). The summed E-state index contributed by atoms with van der Waals surface area (Å²) in [5.74, 6) is -2.49. The van der Waals surface area contributed by atoms with Gasteiger partial charge in [0.1, 0.15) is 17.3 Å². The van der Waals surface area contributed by atoms with Gasteiger partial charge < -0.3 is 16.4 Å². The SMILES string of the molecule is Nc1c(F)cc(C(=O)NCCNC(=O)C2CC2)cc1F. The Labute approximate surface area is 114 Å². The molecule has 20 heavy (non-hydrogen) atoms. The van der Waals surface area contributed by atoms with E-state index in [9.17, 15) is 18.4 Å². The van der Waals surface area contributed by atoms with Crippen molar-refractivity contribution in [3.8, 4) is 0 Å². The van der Waals surface area contributed by atoms with E-state index in [0.717, 1.165) is 25.0 Å². The summed E-state index contributed by atoms with van der Waals surface area (Å²) < 4.78 is 26.4. The number of amides is 2. The maximum Gasteiger partial charge on any atom is 0.251 e. The number of hydrogen-bond acceptors (Lipinski definition) is 3. The lowest BCUT2D eigenvalue weighted by Crippen LogP contribution is -2.35. The monoisotopic (exact) mass is 283 g/mol. The van der Waals surface area contributed by atoms with E-state index in [1.807, 2.05) is 0 Å². The highest BCUT2D eigenvalue weighted by Crippen LogP contribution is 2.28. The van der Waals surface area contributed by atoms with Gasteiger partial charge in [-0.2, -0.15) is 0 Å². The normalized spacial score (nSPS) is 13.9. The van der Waals surface area contributed by atoms with Gasteiger partial charge in [-0.15, -0.1) is 0 Å². The molecule has 2 amide bonds. The molecule has 0 aliphatic heterocycles. The number of carbonyl (C=O) groups is 2. The number of anilines is 1. The molecule has 2 rings (SSSR count). The lowest BCUT2D eigenvalue weighted by atomic mass is 10.1. The molecule has 0 bridgehead atoms. The first-order valence-corrected chi connectivity index (χ1v) is 6.29.